The molecular weight excluding hydrogens is 226 g/mol. The van der Waals surface area contributed by atoms with Gasteiger partial charge in [0.1, 0.15) is 0 Å². The number of likely N-dealkylation sites (tertiary alicyclic amines) is 1. The third-order valence-electron chi connectivity index (χ3n) is 3.41. The van der Waals surface area contributed by atoms with Crippen LogP contribution in [0.5, 0.6) is 0 Å². The Labute approximate surface area is 107 Å². The number of rotatable bonds is 3. The van der Waals surface area contributed by atoms with Crippen LogP contribution >= 0.6 is 0 Å². The maximum atomic E-state index is 12.2. The molecule has 0 radical (unpaired) electrons. The summed E-state index contributed by atoms with van der Waals surface area (Å²) in [5.74, 6) is 0.197. The van der Waals surface area contributed by atoms with Crippen LogP contribution in [0.4, 0.5) is 0 Å². The predicted octanol–water partition coefficient (Wildman–Crippen LogP) is 2.29. The van der Waals surface area contributed by atoms with Crippen LogP contribution in [0.1, 0.15) is 23.2 Å². The van der Waals surface area contributed by atoms with Gasteiger partial charge in [0.2, 0.25) is 5.91 Å². The molecule has 1 saturated heterocycles. The molecule has 0 aliphatic carbocycles. The third kappa shape index (κ3) is 2.67. The second-order valence-corrected chi connectivity index (χ2v) is 4.53. The molecule has 3 nitrogen and oxygen atoms in total. The molecule has 0 spiro atoms. The SMILES string of the molecule is C=CC(=O)N1CCC(C(=O)c2ccccc2)CC1. The first-order valence-corrected chi connectivity index (χ1v) is 6.23. The van der Waals surface area contributed by atoms with E-state index in [0.717, 1.165) is 18.4 Å². The molecule has 1 aromatic rings. The maximum absolute atomic E-state index is 12.2. The Morgan fingerprint density at radius 1 is 1.17 bits per heavy atom. The van der Waals surface area contributed by atoms with Crippen molar-refractivity contribution in [2.24, 2.45) is 5.92 Å². The van der Waals surface area contributed by atoms with Gasteiger partial charge in [-0.15, -0.1) is 0 Å². The van der Waals surface area contributed by atoms with Gasteiger partial charge in [-0.2, -0.15) is 0 Å². The van der Waals surface area contributed by atoms with Crippen molar-refractivity contribution in [3.05, 3.63) is 48.6 Å². The summed E-state index contributed by atoms with van der Waals surface area (Å²) in [5.41, 5.74) is 0.769. The Morgan fingerprint density at radius 3 is 2.33 bits per heavy atom. The summed E-state index contributed by atoms with van der Waals surface area (Å²) in [5, 5.41) is 0. The Morgan fingerprint density at radius 2 is 1.78 bits per heavy atom. The van der Waals surface area contributed by atoms with Crippen molar-refractivity contribution in [3.8, 4) is 0 Å². The zero-order chi connectivity index (χ0) is 13.0. The Bertz CT molecular complexity index is 445. The number of benzene rings is 1. The van der Waals surface area contributed by atoms with E-state index in [1.807, 2.05) is 30.3 Å². The minimum atomic E-state index is -0.0411. The molecular formula is C15H17NO2. The molecule has 1 fully saturated rings. The fourth-order valence-corrected chi connectivity index (χ4v) is 2.33. The molecule has 94 valence electrons. The third-order valence-corrected chi connectivity index (χ3v) is 3.41. The van der Waals surface area contributed by atoms with E-state index in [0.29, 0.717) is 13.1 Å². The molecule has 0 bridgehead atoms. The molecule has 1 aliphatic heterocycles. The van der Waals surface area contributed by atoms with Crippen LogP contribution in [0.2, 0.25) is 0 Å². The molecule has 0 saturated carbocycles. The van der Waals surface area contributed by atoms with Crippen LogP contribution < -0.4 is 0 Å². The van der Waals surface area contributed by atoms with Gasteiger partial charge in [-0.25, -0.2) is 0 Å². The van der Waals surface area contributed by atoms with Crippen LogP contribution in [-0.2, 0) is 4.79 Å². The van der Waals surface area contributed by atoms with Gasteiger partial charge in [-0.3, -0.25) is 9.59 Å². The molecule has 1 aromatic carbocycles. The van der Waals surface area contributed by atoms with Crippen molar-refractivity contribution in [3.63, 3.8) is 0 Å². The van der Waals surface area contributed by atoms with Crippen molar-refractivity contribution < 1.29 is 9.59 Å². The lowest BCUT2D eigenvalue weighted by Crippen LogP contribution is -2.39. The van der Waals surface area contributed by atoms with Crippen molar-refractivity contribution in [2.45, 2.75) is 12.8 Å². The van der Waals surface area contributed by atoms with Crippen molar-refractivity contribution in [1.82, 2.24) is 4.90 Å². The highest BCUT2D eigenvalue weighted by Crippen LogP contribution is 2.21. The van der Waals surface area contributed by atoms with E-state index in [4.69, 9.17) is 0 Å². The molecule has 1 amide bonds. The summed E-state index contributed by atoms with van der Waals surface area (Å²) in [6.45, 7) is 4.77. The number of amides is 1. The quantitative estimate of drug-likeness (QED) is 0.603. The Kier molecular flexibility index (Phi) is 3.92. The summed E-state index contributed by atoms with van der Waals surface area (Å²) in [4.78, 5) is 25.4. The van der Waals surface area contributed by atoms with E-state index >= 15 is 0 Å². The average molecular weight is 243 g/mol. The first-order valence-electron chi connectivity index (χ1n) is 6.23. The van der Waals surface area contributed by atoms with Crippen molar-refractivity contribution in [1.29, 1.82) is 0 Å². The number of carbonyl (C=O) groups excluding carboxylic acids is 2. The highest BCUT2D eigenvalue weighted by molar-refractivity contribution is 5.98. The van der Waals surface area contributed by atoms with Crippen molar-refractivity contribution in [2.75, 3.05) is 13.1 Å². The molecule has 1 heterocycles. The van der Waals surface area contributed by atoms with Gasteiger partial charge in [0.25, 0.3) is 0 Å². The fraction of sp³-hybridized carbons (Fsp3) is 0.333. The minimum Gasteiger partial charge on any atom is -0.339 e. The standard InChI is InChI=1S/C15H17NO2/c1-2-14(17)16-10-8-13(9-11-16)15(18)12-6-4-3-5-7-12/h2-7,13H,1,8-11H2. The molecule has 0 N–H and O–H groups in total. The lowest BCUT2D eigenvalue weighted by atomic mass is 9.89. The van der Waals surface area contributed by atoms with E-state index in [1.54, 1.807) is 4.90 Å². The highest BCUT2D eigenvalue weighted by atomic mass is 16.2. The molecule has 3 heteroatoms. The zero-order valence-electron chi connectivity index (χ0n) is 10.3. The lowest BCUT2D eigenvalue weighted by Gasteiger charge is -2.30. The van der Waals surface area contributed by atoms with Crippen LogP contribution in [0.3, 0.4) is 0 Å². The van der Waals surface area contributed by atoms with E-state index in [9.17, 15) is 9.59 Å². The van der Waals surface area contributed by atoms with E-state index < -0.39 is 0 Å². The predicted molar refractivity (Wildman–Crippen MR) is 70.3 cm³/mol. The normalized spacial score (nSPS) is 16.3. The molecule has 0 aromatic heterocycles. The van der Waals surface area contributed by atoms with Gasteiger partial charge in [0.15, 0.2) is 5.78 Å². The Balaban J connectivity index is 1.96. The van der Waals surface area contributed by atoms with Gasteiger partial charge >= 0.3 is 0 Å². The van der Waals surface area contributed by atoms with E-state index in [2.05, 4.69) is 6.58 Å². The van der Waals surface area contributed by atoms with Gasteiger partial charge in [-0.05, 0) is 18.9 Å². The first-order chi connectivity index (χ1) is 8.72. The second kappa shape index (κ2) is 5.63. The average Bonchev–Trinajstić information content (AvgIpc) is 2.47. The van der Waals surface area contributed by atoms with Crippen LogP contribution in [-0.4, -0.2) is 29.7 Å². The summed E-state index contributed by atoms with van der Waals surface area (Å²) >= 11 is 0. The van der Waals surface area contributed by atoms with Gasteiger partial charge < -0.3 is 4.90 Å². The van der Waals surface area contributed by atoms with Gasteiger partial charge in [0, 0.05) is 24.6 Å². The summed E-state index contributed by atoms with van der Waals surface area (Å²) in [6.07, 6.45) is 2.82. The number of carbonyl (C=O) groups is 2. The summed E-state index contributed by atoms with van der Waals surface area (Å²) < 4.78 is 0. The number of Topliss-reactive ketones (excluding diaryl/α,β-unsaturated/α-hetero) is 1. The minimum absolute atomic E-state index is 0.0411. The molecule has 0 unspecified atom stereocenters. The highest BCUT2D eigenvalue weighted by Gasteiger charge is 2.26. The lowest BCUT2D eigenvalue weighted by molar-refractivity contribution is -0.127. The molecule has 0 atom stereocenters. The number of ketones is 1. The fourth-order valence-electron chi connectivity index (χ4n) is 2.33. The summed E-state index contributed by atoms with van der Waals surface area (Å²) in [6, 6.07) is 9.36. The van der Waals surface area contributed by atoms with E-state index in [-0.39, 0.29) is 17.6 Å². The number of nitrogens with zero attached hydrogens (tertiary/aromatic N) is 1. The molecule has 2 rings (SSSR count). The van der Waals surface area contributed by atoms with Crippen LogP contribution in [0.25, 0.3) is 0 Å². The topological polar surface area (TPSA) is 37.4 Å². The van der Waals surface area contributed by atoms with Crippen molar-refractivity contribution >= 4 is 11.7 Å². The smallest absolute Gasteiger partial charge is 0.245 e. The number of hydrogen-bond donors (Lipinski definition) is 0. The van der Waals surface area contributed by atoms with Crippen LogP contribution in [0.15, 0.2) is 43.0 Å². The molecule has 1 aliphatic rings. The molecule has 18 heavy (non-hydrogen) atoms. The van der Waals surface area contributed by atoms with Crippen LogP contribution in [0, 0.1) is 5.92 Å². The first kappa shape index (κ1) is 12.6. The second-order valence-electron chi connectivity index (χ2n) is 4.53. The van der Waals surface area contributed by atoms with E-state index in [1.165, 1.54) is 6.08 Å². The number of hydrogen-bond acceptors (Lipinski definition) is 2. The largest absolute Gasteiger partial charge is 0.339 e. The zero-order valence-corrected chi connectivity index (χ0v) is 10.3. The number of piperidine rings is 1. The van der Waals surface area contributed by atoms with Gasteiger partial charge in [0.05, 0.1) is 0 Å². The monoisotopic (exact) mass is 243 g/mol. The Hall–Kier alpha value is -1.90. The maximum Gasteiger partial charge on any atom is 0.245 e. The summed E-state index contributed by atoms with van der Waals surface area (Å²) in [7, 11) is 0. The van der Waals surface area contributed by atoms with Gasteiger partial charge in [-0.1, -0.05) is 36.9 Å².